The highest BCUT2D eigenvalue weighted by Gasteiger charge is 2.17. The van der Waals surface area contributed by atoms with Gasteiger partial charge in [0.05, 0.1) is 18.1 Å². The highest BCUT2D eigenvalue weighted by atomic mass is 19.1. The van der Waals surface area contributed by atoms with Crippen LogP contribution in [0.5, 0.6) is 5.75 Å². The average molecular weight is 414 g/mol. The van der Waals surface area contributed by atoms with E-state index in [1.807, 2.05) is 48.5 Å². The Bertz CT molecular complexity index is 1400. The normalized spacial score (nSPS) is 11.2. The Morgan fingerprint density at radius 1 is 1.00 bits per heavy atom. The summed E-state index contributed by atoms with van der Waals surface area (Å²) in [5.41, 5.74) is 8.95. The van der Waals surface area contributed by atoms with Gasteiger partial charge < -0.3 is 15.8 Å². The molecule has 0 amide bonds. The van der Waals surface area contributed by atoms with Crippen molar-refractivity contribution in [3.05, 3.63) is 78.1 Å². The Morgan fingerprint density at radius 3 is 2.65 bits per heavy atom. The Labute approximate surface area is 177 Å². The van der Waals surface area contributed by atoms with E-state index in [1.165, 1.54) is 12.1 Å². The van der Waals surface area contributed by atoms with Gasteiger partial charge in [0.2, 0.25) is 11.9 Å². The number of halogens is 1. The summed E-state index contributed by atoms with van der Waals surface area (Å²) in [6, 6.07) is 20.0. The van der Waals surface area contributed by atoms with Crippen molar-refractivity contribution in [3.63, 3.8) is 0 Å². The van der Waals surface area contributed by atoms with Crippen molar-refractivity contribution >= 4 is 33.7 Å². The second-order valence-electron chi connectivity index (χ2n) is 7.01. The molecule has 0 aliphatic carbocycles. The van der Waals surface area contributed by atoms with Crippen LogP contribution in [0.4, 0.5) is 16.2 Å². The van der Waals surface area contributed by atoms with Crippen LogP contribution in [-0.2, 0) is 6.54 Å². The summed E-state index contributed by atoms with van der Waals surface area (Å²) >= 11 is 0. The number of benzene rings is 3. The number of fused-ring (bicyclic) bond motifs is 2. The number of nitrogens with one attached hydrogen (secondary N) is 1. The molecule has 0 aliphatic heterocycles. The van der Waals surface area contributed by atoms with Crippen LogP contribution in [0.2, 0.25) is 0 Å². The summed E-state index contributed by atoms with van der Waals surface area (Å²) in [4.78, 5) is 13.7. The van der Waals surface area contributed by atoms with Crippen molar-refractivity contribution in [2.24, 2.45) is 0 Å². The molecule has 7 nitrogen and oxygen atoms in total. The largest absolute Gasteiger partial charge is 0.494 e. The van der Waals surface area contributed by atoms with Gasteiger partial charge in [0.25, 0.3) is 0 Å². The van der Waals surface area contributed by atoms with E-state index >= 15 is 0 Å². The fourth-order valence-electron chi connectivity index (χ4n) is 3.58. The summed E-state index contributed by atoms with van der Waals surface area (Å²) in [5, 5.41) is 4.21. The Morgan fingerprint density at radius 2 is 1.84 bits per heavy atom. The predicted octanol–water partition coefficient (Wildman–Crippen LogP) is 4.31. The van der Waals surface area contributed by atoms with Crippen LogP contribution >= 0.6 is 0 Å². The maximum atomic E-state index is 13.7. The minimum atomic E-state index is -0.386. The van der Waals surface area contributed by atoms with E-state index in [4.69, 9.17) is 20.4 Å². The van der Waals surface area contributed by atoms with Gasteiger partial charge in [-0.2, -0.15) is 4.98 Å². The van der Waals surface area contributed by atoms with Crippen LogP contribution in [-0.4, -0.2) is 26.6 Å². The second-order valence-corrected chi connectivity index (χ2v) is 7.01. The number of imidazole rings is 1. The molecule has 2 aromatic heterocycles. The maximum absolute atomic E-state index is 13.7. The third-order valence-corrected chi connectivity index (χ3v) is 5.04. The van der Waals surface area contributed by atoms with Crippen molar-refractivity contribution in [2.75, 3.05) is 18.2 Å². The molecule has 0 spiro atoms. The summed E-state index contributed by atoms with van der Waals surface area (Å²) in [5.74, 6) is 1.34. The highest BCUT2D eigenvalue weighted by molar-refractivity contribution is 5.94. The number of para-hydroxylation sites is 1. The molecule has 0 radical (unpaired) electrons. The molecular formula is C23H19FN6O. The monoisotopic (exact) mass is 414 g/mol. The molecule has 0 atom stereocenters. The number of hydrogen-bond acceptors (Lipinski definition) is 6. The number of hydrogen-bond donors (Lipinski definition) is 2. The fraction of sp³-hybridized carbons (Fsp3) is 0.0870. The molecule has 0 bridgehead atoms. The number of nitrogen functional groups attached to an aromatic ring is 1. The van der Waals surface area contributed by atoms with Crippen LogP contribution in [0.3, 0.4) is 0 Å². The zero-order valence-electron chi connectivity index (χ0n) is 16.7. The molecule has 3 aromatic carbocycles. The van der Waals surface area contributed by atoms with E-state index in [0.717, 1.165) is 10.9 Å². The van der Waals surface area contributed by atoms with Crippen molar-refractivity contribution < 1.29 is 9.13 Å². The lowest BCUT2D eigenvalue weighted by molar-refractivity contribution is 0.419. The standard InChI is InChI=1S/C23H19FN6O/c1-31-19-9-5-8-16-20(19)28-23(29-21(16)26-13-14-6-3-2-4-7-14)30-18-11-10-15(24)12-17(18)27-22(30)25/h2-12H,13H2,1H3,(H2,25,27)(H,26,28,29). The lowest BCUT2D eigenvalue weighted by Gasteiger charge is -2.14. The molecule has 3 N–H and O–H groups in total. The van der Waals surface area contributed by atoms with Gasteiger partial charge in [-0.3, -0.25) is 0 Å². The molecule has 0 unspecified atom stereocenters. The van der Waals surface area contributed by atoms with Crippen LogP contribution < -0.4 is 15.8 Å². The SMILES string of the molecule is COc1cccc2c(NCc3ccccc3)nc(-n3c(N)nc4cc(F)ccc43)nc12. The quantitative estimate of drug-likeness (QED) is 0.445. The number of rotatable bonds is 5. The van der Waals surface area contributed by atoms with Crippen LogP contribution in [0.15, 0.2) is 66.7 Å². The number of methoxy groups -OCH3 is 1. The molecule has 0 fully saturated rings. The molecule has 154 valence electrons. The van der Waals surface area contributed by atoms with Crippen LogP contribution in [0, 0.1) is 5.82 Å². The van der Waals surface area contributed by atoms with Gasteiger partial charge in [0.1, 0.15) is 22.9 Å². The van der Waals surface area contributed by atoms with Crippen LogP contribution in [0.25, 0.3) is 27.9 Å². The maximum Gasteiger partial charge on any atom is 0.239 e. The zero-order chi connectivity index (χ0) is 21.4. The first kappa shape index (κ1) is 18.8. The minimum Gasteiger partial charge on any atom is -0.494 e. The summed E-state index contributed by atoms with van der Waals surface area (Å²) in [6.45, 7) is 0.578. The van der Waals surface area contributed by atoms with Gasteiger partial charge in [-0.1, -0.05) is 36.4 Å². The molecule has 0 aliphatic rings. The first-order valence-electron chi connectivity index (χ1n) is 9.70. The number of anilines is 2. The average Bonchev–Trinajstić information content (AvgIpc) is 3.12. The predicted molar refractivity (Wildman–Crippen MR) is 119 cm³/mol. The van der Waals surface area contributed by atoms with Crippen molar-refractivity contribution in [3.8, 4) is 11.7 Å². The molecule has 31 heavy (non-hydrogen) atoms. The van der Waals surface area contributed by atoms with E-state index in [9.17, 15) is 4.39 Å². The topological polar surface area (TPSA) is 90.9 Å². The third-order valence-electron chi connectivity index (χ3n) is 5.04. The first-order chi connectivity index (χ1) is 15.1. The summed E-state index contributed by atoms with van der Waals surface area (Å²) < 4.78 is 20.8. The van der Waals surface area contributed by atoms with Gasteiger partial charge in [0.15, 0.2) is 0 Å². The third kappa shape index (κ3) is 3.38. The lowest BCUT2D eigenvalue weighted by atomic mass is 10.2. The van der Waals surface area contributed by atoms with E-state index in [-0.39, 0.29) is 11.8 Å². The van der Waals surface area contributed by atoms with E-state index < -0.39 is 0 Å². The fourth-order valence-corrected chi connectivity index (χ4v) is 3.58. The van der Waals surface area contributed by atoms with Crippen LogP contribution in [0.1, 0.15) is 5.56 Å². The Balaban J connectivity index is 1.70. The molecule has 5 rings (SSSR count). The number of nitrogens with zero attached hydrogens (tertiary/aromatic N) is 4. The van der Waals surface area contributed by atoms with E-state index in [0.29, 0.717) is 40.6 Å². The number of nitrogens with two attached hydrogens (primary N) is 1. The van der Waals surface area contributed by atoms with Gasteiger partial charge in [-0.25, -0.2) is 18.9 Å². The van der Waals surface area contributed by atoms with Crippen molar-refractivity contribution in [2.45, 2.75) is 6.54 Å². The van der Waals surface area contributed by atoms with Gasteiger partial charge in [-0.05, 0) is 29.8 Å². The first-order valence-corrected chi connectivity index (χ1v) is 9.70. The molecule has 8 heteroatoms. The Hall–Kier alpha value is -4.20. The van der Waals surface area contributed by atoms with E-state index in [1.54, 1.807) is 17.7 Å². The van der Waals surface area contributed by atoms with Gasteiger partial charge in [-0.15, -0.1) is 0 Å². The second kappa shape index (κ2) is 7.56. The molecule has 0 saturated heterocycles. The van der Waals surface area contributed by atoms with Crippen molar-refractivity contribution in [1.82, 2.24) is 19.5 Å². The summed E-state index contributed by atoms with van der Waals surface area (Å²) in [7, 11) is 1.59. The lowest BCUT2D eigenvalue weighted by Crippen LogP contribution is -2.10. The smallest absolute Gasteiger partial charge is 0.239 e. The zero-order valence-corrected chi connectivity index (χ0v) is 16.7. The molecular weight excluding hydrogens is 395 g/mol. The molecule has 5 aromatic rings. The minimum absolute atomic E-state index is 0.170. The highest BCUT2D eigenvalue weighted by Crippen LogP contribution is 2.31. The number of ether oxygens (including phenoxy) is 1. The Kier molecular flexibility index (Phi) is 4.59. The number of aromatic nitrogens is 4. The van der Waals surface area contributed by atoms with Gasteiger partial charge in [0, 0.05) is 18.0 Å². The molecule has 2 heterocycles. The molecule has 0 saturated carbocycles. The van der Waals surface area contributed by atoms with Gasteiger partial charge >= 0.3 is 0 Å². The van der Waals surface area contributed by atoms with Crippen molar-refractivity contribution in [1.29, 1.82) is 0 Å². The van der Waals surface area contributed by atoms with E-state index in [2.05, 4.69) is 10.3 Å². The summed E-state index contributed by atoms with van der Waals surface area (Å²) in [6.07, 6.45) is 0.